The van der Waals surface area contributed by atoms with Gasteiger partial charge in [0, 0.05) is 14.1 Å². The number of hydrogen-bond donors (Lipinski definition) is 0. The minimum Gasteiger partial charge on any atom is -0.384 e. The summed E-state index contributed by atoms with van der Waals surface area (Å²) in [6, 6.07) is 0. The highest BCUT2D eigenvalue weighted by molar-refractivity contribution is 4.79. The molecular weight excluding hydrogens is 134 g/mol. The lowest BCUT2D eigenvalue weighted by molar-refractivity contribution is 0.559. The van der Waals surface area contributed by atoms with Crippen molar-refractivity contribution in [2.75, 3.05) is 14.1 Å². The summed E-state index contributed by atoms with van der Waals surface area (Å²) in [4.78, 5) is 2.06. The molecule has 11 heavy (non-hydrogen) atoms. The first kappa shape index (κ1) is 10.3. The summed E-state index contributed by atoms with van der Waals surface area (Å²) >= 11 is 0. The van der Waals surface area contributed by atoms with Gasteiger partial charge < -0.3 is 4.90 Å². The maximum atomic E-state index is 3.68. The minimum absolute atomic E-state index is 1.15. The fourth-order valence-corrected chi connectivity index (χ4v) is 0.836. The molecule has 0 rings (SSSR count). The Bertz CT molecular complexity index is 114. The summed E-state index contributed by atoms with van der Waals surface area (Å²) < 4.78 is 0. The van der Waals surface area contributed by atoms with Gasteiger partial charge in [-0.2, -0.15) is 0 Å². The Hall–Kier alpha value is -0.720. The summed E-state index contributed by atoms with van der Waals surface area (Å²) in [5, 5.41) is 0. The van der Waals surface area contributed by atoms with Crippen molar-refractivity contribution in [2.24, 2.45) is 0 Å². The number of nitrogens with zero attached hydrogens (tertiary/aromatic N) is 1. The predicted octanol–water partition coefficient (Wildman–Crippen LogP) is 2.81. The quantitative estimate of drug-likeness (QED) is 0.419. The van der Waals surface area contributed by atoms with E-state index in [0.29, 0.717) is 0 Å². The van der Waals surface area contributed by atoms with Crippen LogP contribution in [0.1, 0.15) is 25.7 Å². The lowest BCUT2D eigenvalue weighted by atomic mass is 10.2. The van der Waals surface area contributed by atoms with Crippen LogP contribution in [-0.4, -0.2) is 19.0 Å². The Morgan fingerprint density at radius 2 is 1.82 bits per heavy atom. The lowest BCUT2D eigenvalue weighted by Crippen LogP contribution is -1.99. The zero-order chi connectivity index (χ0) is 8.53. The van der Waals surface area contributed by atoms with Gasteiger partial charge in [0.2, 0.25) is 0 Å². The maximum Gasteiger partial charge on any atom is 0.00555 e. The van der Waals surface area contributed by atoms with Gasteiger partial charge >= 0.3 is 0 Å². The van der Waals surface area contributed by atoms with Crippen LogP contribution in [0.15, 0.2) is 24.9 Å². The molecule has 0 radical (unpaired) electrons. The summed E-state index contributed by atoms with van der Waals surface area (Å²) in [6.45, 7) is 3.68. The minimum atomic E-state index is 1.15. The van der Waals surface area contributed by atoms with Gasteiger partial charge in [0.1, 0.15) is 0 Å². The molecule has 0 saturated heterocycles. The van der Waals surface area contributed by atoms with Crippen LogP contribution in [0, 0.1) is 0 Å². The molecule has 0 aromatic carbocycles. The molecule has 0 aliphatic carbocycles. The molecule has 0 amide bonds. The molecule has 1 nitrogen and oxygen atoms in total. The van der Waals surface area contributed by atoms with E-state index in [1.54, 1.807) is 0 Å². The van der Waals surface area contributed by atoms with Crippen LogP contribution in [-0.2, 0) is 0 Å². The van der Waals surface area contributed by atoms with E-state index < -0.39 is 0 Å². The highest BCUT2D eigenvalue weighted by atomic mass is 15.0. The van der Waals surface area contributed by atoms with Crippen molar-refractivity contribution in [3.05, 3.63) is 24.9 Å². The number of unbranched alkanes of at least 4 members (excludes halogenated alkanes) is 3. The molecule has 0 aliphatic rings. The predicted molar refractivity (Wildman–Crippen MR) is 51.5 cm³/mol. The van der Waals surface area contributed by atoms with Crippen molar-refractivity contribution in [3.63, 3.8) is 0 Å². The smallest absolute Gasteiger partial charge is 0.00555 e. The highest BCUT2D eigenvalue weighted by Crippen LogP contribution is 2.00. The van der Waals surface area contributed by atoms with Crippen molar-refractivity contribution < 1.29 is 0 Å². The Morgan fingerprint density at radius 3 is 2.36 bits per heavy atom. The molecule has 0 bridgehead atoms. The van der Waals surface area contributed by atoms with Crippen molar-refractivity contribution in [3.8, 4) is 0 Å². The Labute approximate surface area is 70.4 Å². The van der Waals surface area contributed by atoms with Gasteiger partial charge in [0.15, 0.2) is 0 Å². The van der Waals surface area contributed by atoms with E-state index in [0.717, 1.165) is 6.42 Å². The second-order valence-electron chi connectivity index (χ2n) is 2.92. The van der Waals surface area contributed by atoms with Crippen LogP contribution in [0.4, 0.5) is 0 Å². The van der Waals surface area contributed by atoms with Crippen LogP contribution in [0.5, 0.6) is 0 Å². The summed E-state index contributed by atoms with van der Waals surface area (Å²) in [5.74, 6) is 0. The highest BCUT2D eigenvalue weighted by Gasteiger charge is 1.82. The molecule has 0 heterocycles. The molecule has 0 aliphatic heterocycles. The van der Waals surface area contributed by atoms with E-state index in [1.807, 2.05) is 20.2 Å². The molecule has 0 N–H and O–H groups in total. The normalized spacial score (nSPS) is 10.4. The third-order valence-electron chi connectivity index (χ3n) is 1.43. The molecule has 0 aromatic rings. The molecule has 0 saturated carbocycles. The third kappa shape index (κ3) is 9.28. The molecule has 0 atom stereocenters. The van der Waals surface area contributed by atoms with Gasteiger partial charge in [-0.3, -0.25) is 0 Å². The van der Waals surface area contributed by atoms with E-state index in [9.17, 15) is 0 Å². The van der Waals surface area contributed by atoms with E-state index in [-0.39, 0.29) is 0 Å². The fourth-order valence-electron chi connectivity index (χ4n) is 0.836. The third-order valence-corrected chi connectivity index (χ3v) is 1.43. The summed E-state index contributed by atoms with van der Waals surface area (Å²) in [7, 11) is 4.08. The largest absolute Gasteiger partial charge is 0.384 e. The first-order valence-corrected chi connectivity index (χ1v) is 4.21. The van der Waals surface area contributed by atoms with Crippen LogP contribution in [0.3, 0.4) is 0 Å². The van der Waals surface area contributed by atoms with E-state index in [1.165, 1.54) is 19.3 Å². The van der Waals surface area contributed by atoms with Gasteiger partial charge in [-0.25, -0.2) is 0 Å². The zero-order valence-corrected chi connectivity index (χ0v) is 7.71. The average molecular weight is 153 g/mol. The second-order valence-corrected chi connectivity index (χ2v) is 2.92. The Kier molecular flexibility index (Phi) is 6.90. The topological polar surface area (TPSA) is 3.24 Å². The van der Waals surface area contributed by atoms with Crippen LogP contribution in [0.25, 0.3) is 0 Å². The van der Waals surface area contributed by atoms with Crippen LogP contribution in [0.2, 0.25) is 0 Å². The lowest BCUT2D eigenvalue weighted by Gasteiger charge is -2.02. The average Bonchev–Trinajstić information content (AvgIpc) is 1.96. The van der Waals surface area contributed by atoms with Crippen molar-refractivity contribution in [2.45, 2.75) is 25.7 Å². The van der Waals surface area contributed by atoms with Crippen molar-refractivity contribution in [1.82, 2.24) is 4.90 Å². The molecule has 0 spiro atoms. The molecule has 1 heteroatoms. The van der Waals surface area contributed by atoms with Gasteiger partial charge in [0.05, 0.1) is 0 Å². The zero-order valence-electron chi connectivity index (χ0n) is 7.71. The first-order chi connectivity index (χ1) is 5.27. The van der Waals surface area contributed by atoms with Crippen LogP contribution >= 0.6 is 0 Å². The van der Waals surface area contributed by atoms with Gasteiger partial charge in [0.25, 0.3) is 0 Å². The maximum absolute atomic E-state index is 3.68. The first-order valence-electron chi connectivity index (χ1n) is 4.21. The monoisotopic (exact) mass is 153 g/mol. The second kappa shape index (κ2) is 7.39. The fraction of sp³-hybridized carbons (Fsp3) is 0.600. The molecule has 0 fully saturated rings. The number of allylic oxidation sites excluding steroid dienone is 2. The molecule has 0 aromatic heterocycles. The summed E-state index contributed by atoms with van der Waals surface area (Å²) in [5.41, 5.74) is 0. The standard InChI is InChI=1S/C10H19N/c1-4-5-6-7-8-9-10-11(2)3/h4,9-10H,1,5-8H2,2-3H3. The van der Waals surface area contributed by atoms with Crippen molar-refractivity contribution in [1.29, 1.82) is 0 Å². The number of rotatable bonds is 6. The van der Waals surface area contributed by atoms with Crippen LogP contribution < -0.4 is 0 Å². The molecule has 64 valence electrons. The van der Waals surface area contributed by atoms with Gasteiger partial charge in [-0.1, -0.05) is 12.2 Å². The van der Waals surface area contributed by atoms with Crippen molar-refractivity contribution >= 4 is 0 Å². The number of hydrogen-bond acceptors (Lipinski definition) is 1. The van der Waals surface area contributed by atoms with E-state index >= 15 is 0 Å². The Morgan fingerprint density at radius 1 is 1.18 bits per heavy atom. The van der Waals surface area contributed by atoms with Gasteiger partial charge in [-0.05, 0) is 31.9 Å². The van der Waals surface area contributed by atoms with Gasteiger partial charge in [-0.15, -0.1) is 6.58 Å². The molecule has 0 unspecified atom stereocenters. The summed E-state index contributed by atoms with van der Waals surface area (Å²) in [6.07, 6.45) is 11.2. The van der Waals surface area contributed by atoms with E-state index in [2.05, 4.69) is 23.8 Å². The van der Waals surface area contributed by atoms with E-state index in [4.69, 9.17) is 0 Å². The SMILES string of the molecule is C=CCCCCC=CN(C)C. The molecular formula is C10H19N. The Balaban J connectivity index is 3.07.